The van der Waals surface area contributed by atoms with E-state index in [0.717, 1.165) is 22.7 Å². The molecule has 0 fully saturated rings. The second-order valence-corrected chi connectivity index (χ2v) is 6.40. The molecule has 0 saturated heterocycles. The third kappa shape index (κ3) is 3.15. The average Bonchev–Trinajstić information content (AvgIpc) is 2.77. The smallest absolute Gasteiger partial charge is 0.0973 e. The van der Waals surface area contributed by atoms with Crippen LogP contribution in [0.3, 0.4) is 0 Å². The Labute approximate surface area is 112 Å². The van der Waals surface area contributed by atoms with Crippen LogP contribution in [-0.4, -0.2) is 9.97 Å². The van der Waals surface area contributed by atoms with Crippen LogP contribution in [0.4, 0.5) is 0 Å². The van der Waals surface area contributed by atoms with Gasteiger partial charge in [0.15, 0.2) is 0 Å². The van der Waals surface area contributed by atoms with Crippen molar-refractivity contribution in [1.82, 2.24) is 9.97 Å². The molecule has 0 aliphatic rings. The highest BCUT2D eigenvalue weighted by Gasteiger charge is 2.17. The van der Waals surface area contributed by atoms with Gasteiger partial charge >= 0.3 is 0 Å². The minimum Gasteiger partial charge on any atom is -0.326 e. The van der Waals surface area contributed by atoms with Crippen LogP contribution in [0, 0.1) is 0 Å². The topological polar surface area (TPSA) is 51.8 Å². The summed E-state index contributed by atoms with van der Waals surface area (Å²) in [5.41, 5.74) is 9.14. The van der Waals surface area contributed by atoms with Crippen molar-refractivity contribution in [3.8, 4) is 0 Å². The molecule has 2 aromatic heterocycles. The lowest BCUT2D eigenvalue weighted by Crippen LogP contribution is -2.11. The van der Waals surface area contributed by atoms with Gasteiger partial charge in [-0.2, -0.15) is 0 Å². The van der Waals surface area contributed by atoms with Gasteiger partial charge in [0.25, 0.3) is 0 Å². The Morgan fingerprint density at radius 2 is 1.94 bits per heavy atom. The standard InChI is InChI=1S/C14H19N3S/c1-14(2,3)12-9-18-13(17-12)5-10-4-11(6-15)8-16-7-10/h4,7-9H,5-6,15H2,1-3H3. The molecular weight excluding hydrogens is 242 g/mol. The molecule has 18 heavy (non-hydrogen) atoms. The molecule has 2 heterocycles. The molecule has 0 saturated carbocycles. The lowest BCUT2D eigenvalue weighted by molar-refractivity contribution is 0.571. The first kappa shape index (κ1) is 13.2. The summed E-state index contributed by atoms with van der Waals surface area (Å²) in [6.07, 6.45) is 4.53. The van der Waals surface area contributed by atoms with Crippen molar-refractivity contribution in [2.24, 2.45) is 5.73 Å². The van der Waals surface area contributed by atoms with Crippen LogP contribution >= 0.6 is 11.3 Å². The summed E-state index contributed by atoms with van der Waals surface area (Å²) < 4.78 is 0. The van der Waals surface area contributed by atoms with Crippen molar-refractivity contribution < 1.29 is 0 Å². The van der Waals surface area contributed by atoms with Gasteiger partial charge in [0.1, 0.15) is 0 Å². The van der Waals surface area contributed by atoms with Gasteiger partial charge in [-0.15, -0.1) is 11.3 Å². The molecule has 0 bridgehead atoms. The van der Waals surface area contributed by atoms with Crippen molar-refractivity contribution in [1.29, 1.82) is 0 Å². The molecule has 0 aliphatic carbocycles. The molecule has 0 atom stereocenters. The first-order chi connectivity index (χ1) is 8.49. The lowest BCUT2D eigenvalue weighted by Gasteiger charge is -2.14. The Bertz CT molecular complexity index is 526. The molecule has 2 rings (SSSR count). The fourth-order valence-electron chi connectivity index (χ4n) is 1.66. The number of pyridine rings is 1. The maximum absolute atomic E-state index is 5.62. The minimum absolute atomic E-state index is 0.117. The molecule has 0 amide bonds. The van der Waals surface area contributed by atoms with Crippen molar-refractivity contribution in [3.05, 3.63) is 45.7 Å². The molecule has 0 aliphatic heterocycles. The minimum atomic E-state index is 0.117. The monoisotopic (exact) mass is 261 g/mol. The van der Waals surface area contributed by atoms with Crippen molar-refractivity contribution >= 4 is 11.3 Å². The van der Waals surface area contributed by atoms with E-state index in [9.17, 15) is 0 Å². The van der Waals surface area contributed by atoms with Crippen LogP contribution in [0.5, 0.6) is 0 Å². The quantitative estimate of drug-likeness (QED) is 0.924. The molecule has 0 unspecified atom stereocenters. The number of nitrogens with zero attached hydrogens (tertiary/aromatic N) is 2. The van der Waals surface area contributed by atoms with Gasteiger partial charge < -0.3 is 5.73 Å². The number of aromatic nitrogens is 2. The first-order valence-electron chi connectivity index (χ1n) is 6.07. The Balaban J connectivity index is 2.16. The van der Waals surface area contributed by atoms with Gasteiger partial charge in [-0.3, -0.25) is 4.98 Å². The van der Waals surface area contributed by atoms with Gasteiger partial charge in [-0.1, -0.05) is 26.8 Å². The fraction of sp³-hybridized carbons (Fsp3) is 0.429. The largest absolute Gasteiger partial charge is 0.326 e. The zero-order chi connectivity index (χ0) is 13.2. The van der Waals surface area contributed by atoms with Crippen LogP contribution in [0.25, 0.3) is 0 Å². The molecule has 0 aromatic carbocycles. The Hall–Kier alpha value is -1.26. The van der Waals surface area contributed by atoms with E-state index in [0.29, 0.717) is 6.54 Å². The van der Waals surface area contributed by atoms with E-state index in [1.165, 1.54) is 5.56 Å². The van der Waals surface area contributed by atoms with E-state index in [2.05, 4.69) is 37.2 Å². The second-order valence-electron chi connectivity index (χ2n) is 5.46. The van der Waals surface area contributed by atoms with E-state index in [4.69, 9.17) is 10.7 Å². The zero-order valence-electron chi connectivity index (χ0n) is 11.1. The van der Waals surface area contributed by atoms with E-state index in [1.54, 1.807) is 11.3 Å². The number of hydrogen-bond acceptors (Lipinski definition) is 4. The zero-order valence-corrected chi connectivity index (χ0v) is 11.9. The van der Waals surface area contributed by atoms with Gasteiger partial charge in [-0.05, 0) is 11.1 Å². The first-order valence-corrected chi connectivity index (χ1v) is 6.95. The van der Waals surface area contributed by atoms with E-state index >= 15 is 0 Å². The summed E-state index contributed by atoms with van der Waals surface area (Å²) in [5.74, 6) is 0. The van der Waals surface area contributed by atoms with E-state index < -0.39 is 0 Å². The number of thiazole rings is 1. The van der Waals surface area contributed by atoms with E-state index in [-0.39, 0.29) is 5.41 Å². The molecule has 0 spiro atoms. The predicted molar refractivity (Wildman–Crippen MR) is 75.7 cm³/mol. The summed E-state index contributed by atoms with van der Waals surface area (Å²) in [4.78, 5) is 8.90. The van der Waals surface area contributed by atoms with Crippen LogP contribution in [0.1, 0.15) is 42.6 Å². The van der Waals surface area contributed by atoms with Crippen LogP contribution in [0.2, 0.25) is 0 Å². The van der Waals surface area contributed by atoms with E-state index in [1.807, 2.05) is 12.4 Å². The lowest BCUT2D eigenvalue weighted by atomic mass is 9.93. The third-order valence-corrected chi connectivity index (χ3v) is 3.61. The van der Waals surface area contributed by atoms with Crippen LogP contribution in [0.15, 0.2) is 23.8 Å². The highest BCUT2D eigenvalue weighted by Crippen LogP contribution is 2.25. The maximum atomic E-state index is 5.62. The van der Waals surface area contributed by atoms with Gasteiger partial charge in [-0.25, -0.2) is 4.98 Å². The second kappa shape index (κ2) is 5.16. The molecule has 2 aromatic rings. The number of nitrogens with two attached hydrogens (primary N) is 1. The molecule has 2 N–H and O–H groups in total. The van der Waals surface area contributed by atoms with Gasteiger partial charge in [0, 0.05) is 36.2 Å². The molecule has 4 heteroatoms. The highest BCUT2D eigenvalue weighted by molar-refractivity contribution is 7.09. The summed E-state index contributed by atoms with van der Waals surface area (Å²) in [6, 6.07) is 2.10. The molecule has 0 radical (unpaired) electrons. The van der Waals surface area contributed by atoms with Crippen molar-refractivity contribution in [2.45, 2.75) is 39.2 Å². The van der Waals surface area contributed by atoms with Gasteiger partial charge in [0.2, 0.25) is 0 Å². The summed E-state index contributed by atoms with van der Waals surface area (Å²) >= 11 is 1.71. The average molecular weight is 261 g/mol. The maximum Gasteiger partial charge on any atom is 0.0973 e. The van der Waals surface area contributed by atoms with Crippen LogP contribution in [-0.2, 0) is 18.4 Å². The van der Waals surface area contributed by atoms with Gasteiger partial charge in [0.05, 0.1) is 10.7 Å². The Morgan fingerprint density at radius 3 is 2.56 bits per heavy atom. The predicted octanol–water partition coefficient (Wildman–Crippen LogP) is 2.89. The summed E-state index contributed by atoms with van der Waals surface area (Å²) in [7, 11) is 0. The molecular formula is C14H19N3S. The normalized spacial score (nSPS) is 11.8. The Kier molecular flexibility index (Phi) is 3.78. The fourth-order valence-corrected chi connectivity index (χ4v) is 2.72. The number of rotatable bonds is 3. The molecule has 96 valence electrons. The van der Waals surface area contributed by atoms with Crippen LogP contribution < -0.4 is 5.73 Å². The third-order valence-electron chi connectivity index (χ3n) is 2.76. The van der Waals surface area contributed by atoms with Crippen molar-refractivity contribution in [3.63, 3.8) is 0 Å². The van der Waals surface area contributed by atoms with Crippen molar-refractivity contribution in [2.75, 3.05) is 0 Å². The number of hydrogen-bond donors (Lipinski definition) is 1. The Morgan fingerprint density at radius 1 is 1.22 bits per heavy atom. The summed E-state index contributed by atoms with van der Waals surface area (Å²) in [5, 5.41) is 3.28. The molecule has 3 nitrogen and oxygen atoms in total. The SMILES string of the molecule is CC(C)(C)c1csc(Cc2cncc(CN)c2)n1. The summed E-state index contributed by atoms with van der Waals surface area (Å²) in [6.45, 7) is 7.08. The highest BCUT2D eigenvalue weighted by atomic mass is 32.1.